The maximum Gasteiger partial charge on any atom is 0.220 e. The van der Waals surface area contributed by atoms with Gasteiger partial charge < -0.3 is 15.5 Å². The highest BCUT2D eigenvalue weighted by Crippen LogP contribution is 2.18. The zero-order valence-corrected chi connectivity index (χ0v) is 11.8. The van der Waals surface area contributed by atoms with Crippen molar-refractivity contribution in [3.8, 4) is 0 Å². The molecular weight excluding hydrogens is 238 g/mol. The molecule has 1 aliphatic heterocycles. The molecule has 0 spiro atoms. The van der Waals surface area contributed by atoms with Crippen molar-refractivity contribution in [1.29, 1.82) is 0 Å². The molecular formula is C15H23N3O. The van der Waals surface area contributed by atoms with Crippen molar-refractivity contribution in [3.63, 3.8) is 0 Å². The Labute approximate surface area is 115 Å². The average Bonchev–Trinajstić information content (AvgIpc) is 2.85. The van der Waals surface area contributed by atoms with Crippen LogP contribution in [0.15, 0.2) is 24.3 Å². The number of carbonyl (C=O) groups is 1. The van der Waals surface area contributed by atoms with Crippen LogP contribution in [-0.2, 0) is 4.79 Å². The van der Waals surface area contributed by atoms with Gasteiger partial charge in [0.2, 0.25) is 5.91 Å². The Balaban J connectivity index is 1.86. The van der Waals surface area contributed by atoms with Crippen LogP contribution < -0.4 is 15.5 Å². The Bertz CT molecular complexity index is 412. The molecule has 0 radical (unpaired) electrons. The van der Waals surface area contributed by atoms with Crippen LogP contribution in [0.4, 0.5) is 11.4 Å². The second-order valence-electron chi connectivity index (χ2n) is 4.90. The lowest BCUT2D eigenvalue weighted by molar-refractivity contribution is -0.119. The van der Waals surface area contributed by atoms with Gasteiger partial charge in [0.1, 0.15) is 0 Å². The van der Waals surface area contributed by atoms with E-state index in [1.807, 2.05) is 0 Å². The third-order valence-electron chi connectivity index (χ3n) is 3.63. The number of rotatable bonds is 6. The smallest absolute Gasteiger partial charge is 0.220 e. The van der Waals surface area contributed by atoms with Crippen LogP contribution in [-0.4, -0.2) is 31.6 Å². The lowest BCUT2D eigenvalue weighted by Gasteiger charge is -2.21. The predicted molar refractivity (Wildman–Crippen MR) is 79.7 cm³/mol. The molecule has 4 nitrogen and oxygen atoms in total. The molecule has 1 aromatic carbocycles. The van der Waals surface area contributed by atoms with Gasteiger partial charge in [-0.05, 0) is 44.5 Å². The Kier molecular flexibility index (Phi) is 4.66. The molecule has 1 amide bonds. The fourth-order valence-corrected chi connectivity index (χ4v) is 2.45. The molecule has 1 fully saturated rings. The Morgan fingerprint density at radius 3 is 2.47 bits per heavy atom. The number of nitrogens with one attached hydrogen (secondary N) is 2. The summed E-state index contributed by atoms with van der Waals surface area (Å²) in [6.45, 7) is 7.18. The number of nitrogens with zero attached hydrogens (tertiary/aromatic N) is 1. The first-order valence-corrected chi connectivity index (χ1v) is 7.11. The fraction of sp³-hybridized carbons (Fsp3) is 0.533. The van der Waals surface area contributed by atoms with Crippen molar-refractivity contribution < 1.29 is 4.79 Å². The highest BCUT2D eigenvalue weighted by atomic mass is 16.1. The molecule has 2 rings (SSSR count). The maximum atomic E-state index is 11.1. The summed E-state index contributed by atoms with van der Waals surface area (Å²) in [7, 11) is 0. The normalized spacial score (nSPS) is 18.2. The van der Waals surface area contributed by atoms with Crippen molar-refractivity contribution in [2.45, 2.75) is 32.7 Å². The van der Waals surface area contributed by atoms with Gasteiger partial charge in [-0.1, -0.05) is 0 Å². The minimum absolute atomic E-state index is 0.170. The zero-order chi connectivity index (χ0) is 13.7. The first-order valence-electron chi connectivity index (χ1n) is 7.11. The first kappa shape index (κ1) is 13.7. The largest absolute Gasteiger partial charge is 0.383 e. The van der Waals surface area contributed by atoms with E-state index >= 15 is 0 Å². The molecule has 0 bridgehead atoms. The Morgan fingerprint density at radius 2 is 1.95 bits per heavy atom. The summed E-state index contributed by atoms with van der Waals surface area (Å²) in [6.07, 6.45) is 1.59. The van der Waals surface area contributed by atoms with Crippen LogP contribution in [0.25, 0.3) is 0 Å². The van der Waals surface area contributed by atoms with E-state index in [9.17, 15) is 4.79 Å². The predicted octanol–water partition coefficient (Wildman–Crippen LogP) is 2.22. The molecule has 1 atom stereocenters. The van der Waals surface area contributed by atoms with Gasteiger partial charge in [-0.15, -0.1) is 0 Å². The first-order chi connectivity index (χ1) is 9.22. The quantitative estimate of drug-likeness (QED) is 0.825. The Morgan fingerprint density at radius 1 is 1.26 bits per heavy atom. The number of benzene rings is 1. The van der Waals surface area contributed by atoms with E-state index < -0.39 is 0 Å². The van der Waals surface area contributed by atoms with Crippen LogP contribution in [0.2, 0.25) is 0 Å². The monoisotopic (exact) mass is 261 g/mol. The number of carbonyl (C=O) groups excluding carboxylic acids is 1. The van der Waals surface area contributed by atoms with Gasteiger partial charge in [-0.2, -0.15) is 0 Å². The van der Waals surface area contributed by atoms with Gasteiger partial charge in [0, 0.05) is 43.5 Å². The summed E-state index contributed by atoms with van der Waals surface area (Å²) in [4.78, 5) is 13.4. The van der Waals surface area contributed by atoms with E-state index in [2.05, 4.69) is 53.6 Å². The molecule has 104 valence electrons. The van der Waals surface area contributed by atoms with Crippen LogP contribution in [0.5, 0.6) is 0 Å². The van der Waals surface area contributed by atoms with Gasteiger partial charge in [-0.3, -0.25) is 4.79 Å². The molecule has 1 unspecified atom stereocenters. The van der Waals surface area contributed by atoms with Gasteiger partial charge in [0.15, 0.2) is 0 Å². The number of hydrogen-bond donors (Lipinski definition) is 2. The third-order valence-corrected chi connectivity index (χ3v) is 3.63. The number of anilines is 2. The van der Waals surface area contributed by atoms with Crippen molar-refractivity contribution in [1.82, 2.24) is 5.32 Å². The number of hydrogen-bond acceptors (Lipinski definition) is 3. The summed E-state index contributed by atoms with van der Waals surface area (Å²) in [5.74, 6) is 0.170. The minimum Gasteiger partial charge on any atom is -0.383 e. The van der Waals surface area contributed by atoms with Crippen molar-refractivity contribution in [2.24, 2.45) is 0 Å². The van der Waals surface area contributed by atoms with Crippen molar-refractivity contribution >= 4 is 17.3 Å². The molecule has 2 N–H and O–H groups in total. The molecule has 0 saturated carbocycles. The molecule has 1 saturated heterocycles. The van der Waals surface area contributed by atoms with E-state index in [0.717, 1.165) is 31.7 Å². The van der Waals surface area contributed by atoms with E-state index in [4.69, 9.17) is 0 Å². The van der Waals surface area contributed by atoms with Gasteiger partial charge in [0.25, 0.3) is 0 Å². The summed E-state index contributed by atoms with van der Waals surface area (Å²) < 4.78 is 0. The van der Waals surface area contributed by atoms with Crippen LogP contribution >= 0.6 is 0 Å². The van der Waals surface area contributed by atoms with Crippen LogP contribution in [0.1, 0.15) is 26.7 Å². The van der Waals surface area contributed by atoms with Crippen LogP contribution in [0.3, 0.4) is 0 Å². The fourth-order valence-electron chi connectivity index (χ4n) is 2.45. The van der Waals surface area contributed by atoms with Gasteiger partial charge >= 0.3 is 0 Å². The van der Waals surface area contributed by atoms with Crippen molar-refractivity contribution in [3.05, 3.63) is 24.3 Å². The molecule has 1 heterocycles. The van der Waals surface area contributed by atoms with Gasteiger partial charge in [-0.25, -0.2) is 0 Å². The average molecular weight is 261 g/mol. The summed E-state index contributed by atoms with van der Waals surface area (Å²) in [5.41, 5.74) is 2.36. The highest BCUT2D eigenvalue weighted by molar-refractivity contribution is 5.78. The maximum absolute atomic E-state index is 11.1. The van der Waals surface area contributed by atoms with Gasteiger partial charge in [0.05, 0.1) is 0 Å². The molecule has 0 aliphatic carbocycles. The highest BCUT2D eigenvalue weighted by Gasteiger charge is 2.19. The molecule has 0 aromatic heterocycles. The molecule has 4 heteroatoms. The number of amides is 1. The summed E-state index contributed by atoms with van der Waals surface area (Å²) in [6, 6.07) is 8.76. The van der Waals surface area contributed by atoms with E-state index in [1.165, 1.54) is 5.69 Å². The topological polar surface area (TPSA) is 44.4 Å². The minimum atomic E-state index is 0.170. The second kappa shape index (κ2) is 6.45. The molecule has 1 aromatic rings. The SMILES string of the molecule is CCN(CC)c1ccc(NCC2CCC(=O)N2)cc1. The summed E-state index contributed by atoms with van der Waals surface area (Å²) >= 11 is 0. The summed E-state index contributed by atoms with van der Waals surface area (Å²) in [5, 5.41) is 6.34. The second-order valence-corrected chi connectivity index (χ2v) is 4.90. The molecule has 19 heavy (non-hydrogen) atoms. The van der Waals surface area contributed by atoms with E-state index in [-0.39, 0.29) is 11.9 Å². The standard InChI is InChI=1S/C15H23N3O/c1-3-18(4-2)14-8-5-12(6-9-14)16-11-13-7-10-15(19)17-13/h5-6,8-9,13,16H,3-4,7,10-11H2,1-2H3,(H,17,19). The lowest BCUT2D eigenvalue weighted by Crippen LogP contribution is -2.31. The molecule has 1 aliphatic rings. The Hall–Kier alpha value is -1.71. The van der Waals surface area contributed by atoms with Crippen LogP contribution in [0, 0.1) is 0 Å². The third kappa shape index (κ3) is 3.63. The lowest BCUT2D eigenvalue weighted by atomic mass is 10.2. The van der Waals surface area contributed by atoms with E-state index in [1.54, 1.807) is 0 Å². The van der Waals surface area contributed by atoms with Crippen molar-refractivity contribution in [2.75, 3.05) is 29.9 Å². The van der Waals surface area contributed by atoms with E-state index in [0.29, 0.717) is 6.42 Å². The zero-order valence-electron chi connectivity index (χ0n) is 11.8.